The predicted molar refractivity (Wildman–Crippen MR) is 85.7 cm³/mol. The zero-order chi connectivity index (χ0) is 16.4. The predicted octanol–water partition coefficient (Wildman–Crippen LogP) is 2.91. The number of phenolic OH excluding ortho intramolecular Hbond substituents is 2. The first-order valence-electron chi connectivity index (χ1n) is 7.50. The molecule has 1 aliphatic heterocycles. The van der Waals surface area contributed by atoms with Gasteiger partial charge in [0, 0.05) is 17.5 Å². The van der Waals surface area contributed by atoms with Crippen molar-refractivity contribution in [3.05, 3.63) is 41.5 Å². The molecule has 0 amide bonds. The maximum atomic E-state index is 10.3. The van der Waals surface area contributed by atoms with Gasteiger partial charge in [0.05, 0.1) is 20.8 Å². The van der Waals surface area contributed by atoms with Crippen LogP contribution in [0.25, 0.3) is 0 Å². The summed E-state index contributed by atoms with van der Waals surface area (Å²) in [5.41, 5.74) is 1.87. The Morgan fingerprint density at radius 2 is 1.87 bits per heavy atom. The lowest BCUT2D eigenvalue weighted by atomic mass is 9.90. The SMILES string of the molecule is COc1cc(O)c2c(c1OC)OCC(Cc1ccc(O)cc1)C2. The molecule has 3 rings (SSSR count). The van der Waals surface area contributed by atoms with Gasteiger partial charge in [-0.05, 0) is 30.5 Å². The minimum Gasteiger partial charge on any atom is -0.508 e. The lowest BCUT2D eigenvalue weighted by Crippen LogP contribution is -2.23. The summed E-state index contributed by atoms with van der Waals surface area (Å²) >= 11 is 0. The summed E-state index contributed by atoms with van der Waals surface area (Å²) in [6, 6.07) is 8.72. The van der Waals surface area contributed by atoms with E-state index >= 15 is 0 Å². The Bertz CT molecular complexity index is 694. The van der Waals surface area contributed by atoms with E-state index in [1.54, 1.807) is 25.3 Å². The fourth-order valence-corrected chi connectivity index (χ4v) is 2.98. The maximum Gasteiger partial charge on any atom is 0.203 e. The molecule has 0 spiro atoms. The summed E-state index contributed by atoms with van der Waals surface area (Å²) in [6.07, 6.45) is 1.51. The number of hydrogen-bond acceptors (Lipinski definition) is 5. The van der Waals surface area contributed by atoms with Crippen LogP contribution in [0.1, 0.15) is 11.1 Å². The van der Waals surface area contributed by atoms with Crippen LogP contribution in [0.3, 0.4) is 0 Å². The lowest BCUT2D eigenvalue weighted by Gasteiger charge is -2.28. The van der Waals surface area contributed by atoms with Gasteiger partial charge >= 0.3 is 0 Å². The summed E-state index contributed by atoms with van der Waals surface area (Å²) in [5, 5.41) is 19.6. The molecular formula is C18H20O5. The normalized spacial score (nSPS) is 16.3. The van der Waals surface area contributed by atoms with Crippen molar-refractivity contribution < 1.29 is 24.4 Å². The zero-order valence-corrected chi connectivity index (χ0v) is 13.2. The Kier molecular flexibility index (Phi) is 4.19. The smallest absolute Gasteiger partial charge is 0.203 e. The monoisotopic (exact) mass is 316 g/mol. The highest BCUT2D eigenvalue weighted by Gasteiger charge is 2.28. The quantitative estimate of drug-likeness (QED) is 0.908. The van der Waals surface area contributed by atoms with Crippen LogP contribution in [0.2, 0.25) is 0 Å². The minimum absolute atomic E-state index is 0.160. The molecule has 122 valence electrons. The Hall–Kier alpha value is -2.56. The highest BCUT2D eigenvalue weighted by Crippen LogP contribution is 2.47. The lowest BCUT2D eigenvalue weighted by molar-refractivity contribution is 0.205. The minimum atomic E-state index is 0.160. The van der Waals surface area contributed by atoms with E-state index in [1.807, 2.05) is 12.1 Å². The molecule has 2 aromatic carbocycles. The van der Waals surface area contributed by atoms with Crippen molar-refractivity contribution in [3.8, 4) is 28.7 Å². The largest absolute Gasteiger partial charge is 0.508 e. The Morgan fingerprint density at radius 1 is 1.13 bits per heavy atom. The van der Waals surface area contributed by atoms with Gasteiger partial charge in [0.2, 0.25) is 5.75 Å². The first-order chi connectivity index (χ1) is 11.1. The molecule has 0 aliphatic carbocycles. The van der Waals surface area contributed by atoms with Crippen molar-refractivity contribution in [2.24, 2.45) is 5.92 Å². The Labute approximate surface area is 135 Å². The summed E-state index contributed by atoms with van der Waals surface area (Å²) in [5.74, 6) is 2.20. The van der Waals surface area contributed by atoms with E-state index in [1.165, 1.54) is 7.11 Å². The van der Waals surface area contributed by atoms with Gasteiger partial charge in [0.1, 0.15) is 11.5 Å². The first-order valence-corrected chi connectivity index (χ1v) is 7.50. The molecule has 0 bridgehead atoms. The van der Waals surface area contributed by atoms with Gasteiger partial charge in [0.25, 0.3) is 0 Å². The van der Waals surface area contributed by atoms with E-state index in [2.05, 4.69) is 0 Å². The molecule has 5 heteroatoms. The van der Waals surface area contributed by atoms with Crippen LogP contribution >= 0.6 is 0 Å². The average Bonchev–Trinajstić information content (AvgIpc) is 2.57. The molecule has 2 N–H and O–H groups in total. The van der Waals surface area contributed by atoms with E-state index in [9.17, 15) is 10.2 Å². The van der Waals surface area contributed by atoms with Gasteiger partial charge in [-0.2, -0.15) is 0 Å². The van der Waals surface area contributed by atoms with Crippen molar-refractivity contribution >= 4 is 0 Å². The second-order valence-electron chi connectivity index (χ2n) is 5.69. The van der Waals surface area contributed by atoms with Crippen molar-refractivity contribution in [2.45, 2.75) is 12.8 Å². The molecule has 1 atom stereocenters. The second kappa shape index (κ2) is 6.28. The first kappa shape index (κ1) is 15.3. The molecule has 5 nitrogen and oxygen atoms in total. The van der Waals surface area contributed by atoms with Crippen LogP contribution in [0, 0.1) is 5.92 Å². The fourth-order valence-electron chi connectivity index (χ4n) is 2.98. The molecule has 23 heavy (non-hydrogen) atoms. The van der Waals surface area contributed by atoms with Crippen molar-refractivity contribution in [2.75, 3.05) is 20.8 Å². The van der Waals surface area contributed by atoms with Gasteiger partial charge in [-0.3, -0.25) is 0 Å². The van der Waals surface area contributed by atoms with Gasteiger partial charge < -0.3 is 24.4 Å². The number of fused-ring (bicyclic) bond motifs is 1. The topological polar surface area (TPSA) is 68.2 Å². The Morgan fingerprint density at radius 3 is 2.52 bits per heavy atom. The molecule has 1 unspecified atom stereocenters. The van der Waals surface area contributed by atoms with Gasteiger partial charge in [-0.25, -0.2) is 0 Å². The summed E-state index contributed by atoms with van der Waals surface area (Å²) in [4.78, 5) is 0. The maximum absolute atomic E-state index is 10.3. The van der Waals surface area contributed by atoms with E-state index in [0.717, 1.165) is 17.5 Å². The highest BCUT2D eigenvalue weighted by molar-refractivity contribution is 5.62. The number of methoxy groups -OCH3 is 2. The molecule has 0 saturated heterocycles. The van der Waals surface area contributed by atoms with Crippen molar-refractivity contribution in [1.29, 1.82) is 0 Å². The number of ether oxygens (including phenoxy) is 3. The molecule has 0 aromatic heterocycles. The fraction of sp³-hybridized carbons (Fsp3) is 0.333. The number of aromatic hydroxyl groups is 2. The molecule has 1 heterocycles. The molecular weight excluding hydrogens is 296 g/mol. The van der Waals surface area contributed by atoms with Crippen LogP contribution in [-0.4, -0.2) is 31.0 Å². The summed E-state index contributed by atoms with van der Waals surface area (Å²) in [6.45, 7) is 0.539. The number of benzene rings is 2. The number of rotatable bonds is 4. The van der Waals surface area contributed by atoms with Crippen LogP contribution in [0.5, 0.6) is 28.7 Å². The van der Waals surface area contributed by atoms with Crippen LogP contribution < -0.4 is 14.2 Å². The standard InChI is InChI=1S/C18H20O5/c1-21-16-9-15(20)14-8-12(10-23-17(14)18(16)22-2)7-11-3-5-13(19)6-4-11/h3-6,9,12,19-20H,7-8,10H2,1-2H3. The second-order valence-corrected chi connectivity index (χ2v) is 5.69. The third kappa shape index (κ3) is 2.99. The van der Waals surface area contributed by atoms with E-state index in [-0.39, 0.29) is 17.4 Å². The molecule has 0 saturated carbocycles. The van der Waals surface area contributed by atoms with Gasteiger partial charge in [0.15, 0.2) is 11.5 Å². The van der Waals surface area contributed by atoms with Crippen LogP contribution in [0.4, 0.5) is 0 Å². The Balaban J connectivity index is 1.84. The van der Waals surface area contributed by atoms with Crippen molar-refractivity contribution in [3.63, 3.8) is 0 Å². The van der Waals surface area contributed by atoms with E-state index in [0.29, 0.717) is 30.3 Å². The summed E-state index contributed by atoms with van der Waals surface area (Å²) in [7, 11) is 3.08. The molecule has 0 fully saturated rings. The molecule has 0 radical (unpaired) electrons. The molecule has 1 aliphatic rings. The summed E-state index contributed by atoms with van der Waals surface area (Å²) < 4.78 is 16.5. The highest BCUT2D eigenvalue weighted by atomic mass is 16.5. The third-order valence-electron chi connectivity index (χ3n) is 4.12. The zero-order valence-electron chi connectivity index (χ0n) is 13.2. The van der Waals surface area contributed by atoms with E-state index < -0.39 is 0 Å². The number of hydrogen-bond donors (Lipinski definition) is 2. The third-order valence-corrected chi connectivity index (χ3v) is 4.12. The molecule has 2 aromatic rings. The average molecular weight is 316 g/mol. The van der Waals surface area contributed by atoms with E-state index in [4.69, 9.17) is 14.2 Å². The number of phenols is 2. The van der Waals surface area contributed by atoms with Gasteiger partial charge in [-0.1, -0.05) is 12.1 Å². The van der Waals surface area contributed by atoms with Crippen LogP contribution in [-0.2, 0) is 12.8 Å². The van der Waals surface area contributed by atoms with Crippen molar-refractivity contribution in [1.82, 2.24) is 0 Å². The van der Waals surface area contributed by atoms with Crippen LogP contribution in [0.15, 0.2) is 30.3 Å². The van der Waals surface area contributed by atoms with Gasteiger partial charge in [-0.15, -0.1) is 0 Å².